The van der Waals surface area contributed by atoms with Crippen LogP contribution >= 0.6 is 23.2 Å². The van der Waals surface area contributed by atoms with Crippen LogP contribution in [0.5, 0.6) is 0 Å². The Morgan fingerprint density at radius 1 is 1.31 bits per heavy atom. The van der Waals surface area contributed by atoms with E-state index >= 15 is 0 Å². The van der Waals surface area contributed by atoms with E-state index in [2.05, 4.69) is 5.32 Å². The van der Waals surface area contributed by atoms with Crippen LogP contribution in [-0.4, -0.2) is 13.1 Å². The Morgan fingerprint density at radius 3 is 2.54 bits per heavy atom. The Balaban J connectivity index is 2.45. The molecule has 1 heterocycles. The van der Waals surface area contributed by atoms with Crippen molar-refractivity contribution in [2.24, 2.45) is 5.73 Å². The fraction of sp³-hybridized carbons (Fsp3) is 0.333. The molecule has 70 valence electrons. The molecule has 1 saturated heterocycles. The topological polar surface area (TPSA) is 38.0 Å². The molecular formula is C9H10Cl2N2. The van der Waals surface area contributed by atoms with Crippen LogP contribution in [0, 0.1) is 0 Å². The average molecular weight is 217 g/mol. The van der Waals surface area contributed by atoms with Gasteiger partial charge in [-0.1, -0.05) is 35.3 Å². The molecule has 0 spiro atoms. The van der Waals surface area contributed by atoms with Crippen molar-refractivity contribution in [1.82, 2.24) is 5.32 Å². The van der Waals surface area contributed by atoms with Gasteiger partial charge in [0.15, 0.2) is 0 Å². The fourth-order valence-corrected chi connectivity index (χ4v) is 1.96. The summed E-state index contributed by atoms with van der Waals surface area (Å²) in [5, 5.41) is 4.26. The summed E-state index contributed by atoms with van der Waals surface area (Å²) in [4.78, 5) is 0. The maximum atomic E-state index is 6.09. The molecule has 1 aromatic carbocycles. The standard InChI is InChI=1S/C9H10Cl2N2/c10-7-3-1-2-6(8(7)11)9(12)4-13-5-9/h1-3,13H,4-5,12H2. The predicted octanol–water partition coefficient (Wildman–Crippen LogP) is 1.75. The second-order valence-corrected chi connectivity index (χ2v) is 4.15. The van der Waals surface area contributed by atoms with Crippen molar-refractivity contribution in [3.63, 3.8) is 0 Å². The number of hydrogen-bond donors (Lipinski definition) is 2. The lowest BCUT2D eigenvalue weighted by Crippen LogP contribution is -2.62. The lowest BCUT2D eigenvalue weighted by atomic mass is 9.85. The van der Waals surface area contributed by atoms with Crippen molar-refractivity contribution >= 4 is 23.2 Å². The number of nitrogens with one attached hydrogen (secondary N) is 1. The summed E-state index contributed by atoms with van der Waals surface area (Å²) in [6.07, 6.45) is 0. The van der Waals surface area contributed by atoms with Crippen molar-refractivity contribution in [1.29, 1.82) is 0 Å². The molecule has 0 aliphatic carbocycles. The Bertz CT molecular complexity index is 334. The molecule has 0 bridgehead atoms. The second kappa shape index (κ2) is 3.14. The lowest BCUT2D eigenvalue weighted by molar-refractivity contribution is 0.287. The number of hydrogen-bond acceptors (Lipinski definition) is 2. The van der Waals surface area contributed by atoms with Gasteiger partial charge >= 0.3 is 0 Å². The molecule has 0 radical (unpaired) electrons. The number of nitrogens with two attached hydrogens (primary N) is 1. The zero-order chi connectivity index (χ0) is 9.47. The summed E-state index contributed by atoms with van der Waals surface area (Å²) >= 11 is 11.9. The van der Waals surface area contributed by atoms with Gasteiger partial charge in [0, 0.05) is 13.1 Å². The molecule has 2 nitrogen and oxygen atoms in total. The van der Waals surface area contributed by atoms with E-state index in [-0.39, 0.29) is 5.54 Å². The van der Waals surface area contributed by atoms with Gasteiger partial charge < -0.3 is 11.1 Å². The number of benzene rings is 1. The van der Waals surface area contributed by atoms with Gasteiger partial charge in [-0.3, -0.25) is 0 Å². The Kier molecular flexibility index (Phi) is 2.24. The van der Waals surface area contributed by atoms with Gasteiger partial charge in [-0.25, -0.2) is 0 Å². The normalized spacial score (nSPS) is 19.6. The van der Waals surface area contributed by atoms with Crippen molar-refractivity contribution in [2.75, 3.05) is 13.1 Å². The Morgan fingerprint density at radius 2 is 2.00 bits per heavy atom. The summed E-state index contributed by atoms with van der Waals surface area (Å²) in [7, 11) is 0. The highest BCUT2D eigenvalue weighted by atomic mass is 35.5. The van der Waals surface area contributed by atoms with E-state index in [1.807, 2.05) is 12.1 Å². The molecule has 13 heavy (non-hydrogen) atoms. The van der Waals surface area contributed by atoms with Gasteiger partial charge in [-0.15, -0.1) is 0 Å². The van der Waals surface area contributed by atoms with Crippen LogP contribution in [-0.2, 0) is 5.54 Å². The van der Waals surface area contributed by atoms with Gasteiger partial charge in [-0.2, -0.15) is 0 Å². The van der Waals surface area contributed by atoms with Gasteiger partial charge in [0.05, 0.1) is 15.6 Å². The second-order valence-electron chi connectivity index (χ2n) is 3.36. The Labute approximate surface area is 87.0 Å². The summed E-state index contributed by atoms with van der Waals surface area (Å²) in [5.74, 6) is 0. The van der Waals surface area contributed by atoms with E-state index in [4.69, 9.17) is 28.9 Å². The zero-order valence-electron chi connectivity index (χ0n) is 6.98. The molecule has 0 aromatic heterocycles. The van der Waals surface area contributed by atoms with E-state index in [9.17, 15) is 0 Å². The SMILES string of the molecule is NC1(c2cccc(Cl)c2Cl)CNC1. The van der Waals surface area contributed by atoms with E-state index in [0.717, 1.165) is 18.7 Å². The fourth-order valence-electron chi connectivity index (χ4n) is 1.47. The lowest BCUT2D eigenvalue weighted by Gasteiger charge is -2.40. The average Bonchev–Trinajstić information content (AvgIpc) is 2.06. The molecular weight excluding hydrogens is 207 g/mol. The first-order valence-corrected chi connectivity index (χ1v) is 4.83. The highest BCUT2D eigenvalue weighted by Crippen LogP contribution is 2.33. The third kappa shape index (κ3) is 1.44. The van der Waals surface area contributed by atoms with Crippen LogP contribution < -0.4 is 11.1 Å². The van der Waals surface area contributed by atoms with Crippen LogP contribution in [0.4, 0.5) is 0 Å². The van der Waals surface area contributed by atoms with Crippen LogP contribution in [0.1, 0.15) is 5.56 Å². The van der Waals surface area contributed by atoms with Crippen LogP contribution in [0.15, 0.2) is 18.2 Å². The molecule has 1 aliphatic heterocycles. The monoisotopic (exact) mass is 216 g/mol. The van der Waals surface area contributed by atoms with Crippen LogP contribution in [0.2, 0.25) is 10.0 Å². The summed E-state index contributed by atoms with van der Waals surface area (Å²) < 4.78 is 0. The van der Waals surface area contributed by atoms with E-state index in [0.29, 0.717) is 10.0 Å². The molecule has 0 amide bonds. The van der Waals surface area contributed by atoms with E-state index in [1.165, 1.54) is 0 Å². The van der Waals surface area contributed by atoms with E-state index in [1.54, 1.807) is 6.07 Å². The summed E-state index contributed by atoms with van der Waals surface area (Å²) in [6, 6.07) is 5.56. The number of halogens is 2. The zero-order valence-corrected chi connectivity index (χ0v) is 8.49. The van der Waals surface area contributed by atoms with Gasteiger partial charge in [0.2, 0.25) is 0 Å². The van der Waals surface area contributed by atoms with Gasteiger partial charge in [0.1, 0.15) is 0 Å². The molecule has 1 fully saturated rings. The molecule has 4 heteroatoms. The first kappa shape index (κ1) is 9.28. The first-order chi connectivity index (χ1) is 6.13. The molecule has 0 saturated carbocycles. The minimum Gasteiger partial charge on any atom is -0.319 e. The molecule has 2 rings (SSSR count). The van der Waals surface area contributed by atoms with Crippen LogP contribution in [0.25, 0.3) is 0 Å². The predicted molar refractivity (Wildman–Crippen MR) is 55.2 cm³/mol. The van der Waals surface area contributed by atoms with Crippen molar-refractivity contribution in [2.45, 2.75) is 5.54 Å². The molecule has 1 aliphatic rings. The van der Waals surface area contributed by atoms with Crippen molar-refractivity contribution in [3.8, 4) is 0 Å². The summed E-state index contributed by atoms with van der Waals surface area (Å²) in [5.41, 5.74) is 6.69. The summed E-state index contributed by atoms with van der Waals surface area (Å²) in [6.45, 7) is 1.51. The van der Waals surface area contributed by atoms with E-state index < -0.39 is 0 Å². The molecule has 0 atom stereocenters. The largest absolute Gasteiger partial charge is 0.319 e. The maximum Gasteiger partial charge on any atom is 0.0677 e. The smallest absolute Gasteiger partial charge is 0.0677 e. The molecule has 3 N–H and O–H groups in total. The van der Waals surface area contributed by atoms with Gasteiger partial charge in [0.25, 0.3) is 0 Å². The maximum absolute atomic E-state index is 6.09. The molecule has 0 unspecified atom stereocenters. The highest BCUT2D eigenvalue weighted by Gasteiger charge is 2.36. The van der Waals surface area contributed by atoms with Gasteiger partial charge in [-0.05, 0) is 11.6 Å². The third-order valence-corrected chi connectivity index (χ3v) is 3.19. The van der Waals surface area contributed by atoms with Crippen molar-refractivity contribution in [3.05, 3.63) is 33.8 Å². The molecule has 1 aromatic rings. The minimum atomic E-state index is -0.331. The third-order valence-electron chi connectivity index (χ3n) is 2.37. The van der Waals surface area contributed by atoms with Crippen molar-refractivity contribution < 1.29 is 0 Å². The van der Waals surface area contributed by atoms with Crippen LogP contribution in [0.3, 0.4) is 0 Å². The number of rotatable bonds is 1. The minimum absolute atomic E-state index is 0.331. The highest BCUT2D eigenvalue weighted by molar-refractivity contribution is 6.42. The Hall–Kier alpha value is -0.280. The first-order valence-electron chi connectivity index (χ1n) is 4.07. The quantitative estimate of drug-likeness (QED) is 0.752.